The van der Waals surface area contributed by atoms with Crippen molar-refractivity contribution >= 4 is 0 Å². The first kappa shape index (κ1) is 14.6. The lowest BCUT2D eigenvalue weighted by molar-refractivity contribution is 0.184. The molecule has 0 aromatic carbocycles. The van der Waals surface area contributed by atoms with E-state index in [0.29, 0.717) is 0 Å². The Balaban J connectivity index is 2.06. The third-order valence-corrected chi connectivity index (χ3v) is 4.73. The summed E-state index contributed by atoms with van der Waals surface area (Å²) in [7, 11) is 4.17. The zero-order chi connectivity index (χ0) is 13.8. The van der Waals surface area contributed by atoms with Gasteiger partial charge in [0.25, 0.3) is 0 Å². The van der Waals surface area contributed by atoms with Gasteiger partial charge < -0.3 is 5.32 Å². The molecule has 1 fully saturated rings. The van der Waals surface area contributed by atoms with Crippen LogP contribution < -0.4 is 5.32 Å². The first-order valence-electron chi connectivity index (χ1n) is 7.80. The maximum absolute atomic E-state index is 4.59. The van der Waals surface area contributed by atoms with Crippen LogP contribution >= 0.6 is 0 Å². The largest absolute Gasteiger partial charge is 0.319 e. The van der Waals surface area contributed by atoms with Crippen molar-refractivity contribution in [2.24, 2.45) is 24.8 Å². The summed E-state index contributed by atoms with van der Waals surface area (Å²) in [6.07, 6.45) is 6.38. The molecule has 0 spiro atoms. The fourth-order valence-corrected chi connectivity index (χ4v) is 3.55. The van der Waals surface area contributed by atoms with Gasteiger partial charge in [0.15, 0.2) is 0 Å². The first-order chi connectivity index (χ1) is 9.13. The molecular formula is C16H29N3. The molecule has 1 aliphatic rings. The molecule has 1 aliphatic carbocycles. The second kappa shape index (κ2) is 6.56. The number of hydrogen-bond donors (Lipinski definition) is 1. The molecule has 3 unspecified atom stereocenters. The Hall–Kier alpha value is -0.830. The molecule has 0 aliphatic heterocycles. The summed E-state index contributed by atoms with van der Waals surface area (Å²) in [5.74, 6) is 2.54. The predicted molar refractivity (Wildman–Crippen MR) is 80.2 cm³/mol. The summed E-state index contributed by atoms with van der Waals surface area (Å²) in [4.78, 5) is 0. The number of aryl methyl sites for hydroxylation is 2. The van der Waals surface area contributed by atoms with Gasteiger partial charge in [-0.05, 0) is 63.1 Å². The maximum Gasteiger partial charge on any atom is 0.0624 e. The molecular weight excluding hydrogens is 234 g/mol. The molecule has 0 saturated heterocycles. The van der Waals surface area contributed by atoms with Gasteiger partial charge in [0.1, 0.15) is 0 Å². The second-order valence-electron chi connectivity index (χ2n) is 6.30. The molecule has 3 atom stereocenters. The Morgan fingerprint density at radius 2 is 2.16 bits per heavy atom. The van der Waals surface area contributed by atoms with E-state index in [1.807, 2.05) is 0 Å². The zero-order valence-corrected chi connectivity index (χ0v) is 12.9. The van der Waals surface area contributed by atoms with Crippen molar-refractivity contribution in [1.29, 1.82) is 0 Å². The van der Waals surface area contributed by atoms with Crippen LogP contribution in [0.15, 0.2) is 6.07 Å². The highest BCUT2D eigenvalue weighted by Gasteiger charge is 2.28. The van der Waals surface area contributed by atoms with Gasteiger partial charge >= 0.3 is 0 Å². The van der Waals surface area contributed by atoms with Gasteiger partial charge in [-0.2, -0.15) is 5.10 Å². The number of aromatic nitrogens is 2. The van der Waals surface area contributed by atoms with Crippen LogP contribution in [-0.4, -0.2) is 23.4 Å². The number of rotatable bonds is 5. The number of hydrogen-bond acceptors (Lipinski definition) is 2. The lowest BCUT2D eigenvalue weighted by Gasteiger charge is -2.35. The standard InChI is InChI=1S/C16H29N3/c1-5-15-10-16(19(4)18-15)9-14-8-12(2)6-7-13(14)11-17-3/h10,12-14,17H,5-9,11H2,1-4H3. The molecule has 0 bridgehead atoms. The van der Waals surface area contributed by atoms with E-state index in [1.165, 1.54) is 37.1 Å². The van der Waals surface area contributed by atoms with Gasteiger partial charge in [0.2, 0.25) is 0 Å². The van der Waals surface area contributed by atoms with Crippen LogP contribution in [0.3, 0.4) is 0 Å². The SMILES string of the molecule is CCc1cc(CC2CC(C)CCC2CNC)n(C)n1. The zero-order valence-electron chi connectivity index (χ0n) is 12.9. The molecule has 1 aromatic heterocycles. The number of nitrogens with one attached hydrogen (secondary N) is 1. The summed E-state index contributed by atoms with van der Waals surface area (Å²) >= 11 is 0. The van der Waals surface area contributed by atoms with Gasteiger partial charge in [0.05, 0.1) is 5.69 Å². The fourth-order valence-electron chi connectivity index (χ4n) is 3.55. The first-order valence-corrected chi connectivity index (χ1v) is 7.80. The molecule has 3 heteroatoms. The van der Waals surface area contributed by atoms with Crippen LogP contribution in [0.5, 0.6) is 0 Å². The van der Waals surface area contributed by atoms with Gasteiger partial charge in [-0.15, -0.1) is 0 Å². The molecule has 1 heterocycles. The third-order valence-electron chi connectivity index (χ3n) is 4.73. The van der Waals surface area contributed by atoms with Crippen molar-refractivity contribution in [1.82, 2.24) is 15.1 Å². The van der Waals surface area contributed by atoms with Crippen molar-refractivity contribution in [3.8, 4) is 0 Å². The van der Waals surface area contributed by atoms with Crippen molar-refractivity contribution in [3.05, 3.63) is 17.5 Å². The number of nitrogens with zero attached hydrogens (tertiary/aromatic N) is 2. The molecule has 2 rings (SSSR count). The summed E-state index contributed by atoms with van der Waals surface area (Å²) in [6.45, 7) is 5.75. The van der Waals surface area contributed by atoms with E-state index in [4.69, 9.17) is 0 Å². The highest BCUT2D eigenvalue weighted by atomic mass is 15.3. The van der Waals surface area contributed by atoms with Gasteiger partial charge in [-0.3, -0.25) is 4.68 Å². The highest BCUT2D eigenvalue weighted by Crippen LogP contribution is 2.35. The highest BCUT2D eigenvalue weighted by molar-refractivity contribution is 5.11. The summed E-state index contributed by atoms with van der Waals surface area (Å²) in [5.41, 5.74) is 2.64. The molecule has 19 heavy (non-hydrogen) atoms. The smallest absolute Gasteiger partial charge is 0.0624 e. The Kier molecular flexibility index (Phi) is 5.03. The summed E-state index contributed by atoms with van der Waals surface area (Å²) in [5, 5.41) is 7.96. The van der Waals surface area contributed by atoms with Crippen LogP contribution in [0.2, 0.25) is 0 Å². The maximum atomic E-state index is 4.59. The Bertz CT molecular complexity index is 397. The molecule has 0 radical (unpaired) electrons. The Morgan fingerprint density at radius 3 is 2.79 bits per heavy atom. The quantitative estimate of drug-likeness (QED) is 0.885. The average molecular weight is 263 g/mol. The van der Waals surface area contributed by atoms with E-state index in [0.717, 1.165) is 30.7 Å². The molecule has 1 aromatic rings. The van der Waals surface area contributed by atoms with Crippen LogP contribution in [0.4, 0.5) is 0 Å². The summed E-state index contributed by atoms with van der Waals surface area (Å²) < 4.78 is 2.09. The van der Waals surface area contributed by atoms with Gasteiger partial charge in [-0.1, -0.05) is 20.3 Å². The van der Waals surface area contributed by atoms with E-state index in [-0.39, 0.29) is 0 Å². The minimum absolute atomic E-state index is 0.816. The van der Waals surface area contributed by atoms with Gasteiger partial charge in [0, 0.05) is 12.7 Å². The van der Waals surface area contributed by atoms with Crippen molar-refractivity contribution < 1.29 is 0 Å². The van der Waals surface area contributed by atoms with Crippen molar-refractivity contribution in [3.63, 3.8) is 0 Å². The minimum Gasteiger partial charge on any atom is -0.319 e. The van der Waals surface area contributed by atoms with E-state index in [1.54, 1.807) is 0 Å². The van der Waals surface area contributed by atoms with Gasteiger partial charge in [-0.25, -0.2) is 0 Å². The second-order valence-corrected chi connectivity index (χ2v) is 6.30. The molecule has 1 saturated carbocycles. The predicted octanol–water partition coefficient (Wildman–Crippen LogP) is 2.80. The van der Waals surface area contributed by atoms with E-state index >= 15 is 0 Å². The van der Waals surface area contributed by atoms with Crippen LogP contribution in [0.1, 0.15) is 44.5 Å². The third kappa shape index (κ3) is 3.59. The van der Waals surface area contributed by atoms with Crippen LogP contribution in [0.25, 0.3) is 0 Å². The fraction of sp³-hybridized carbons (Fsp3) is 0.812. The molecule has 0 amide bonds. The normalized spacial score (nSPS) is 27.7. The van der Waals surface area contributed by atoms with Crippen molar-refractivity contribution in [2.75, 3.05) is 13.6 Å². The molecule has 3 nitrogen and oxygen atoms in total. The topological polar surface area (TPSA) is 29.9 Å². The van der Waals surface area contributed by atoms with E-state index < -0.39 is 0 Å². The Labute approximate surface area is 117 Å². The monoisotopic (exact) mass is 263 g/mol. The lowest BCUT2D eigenvalue weighted by Crippen LogP contribution is -2.32. The lowest BCUT2D eigenvalue weighted by atomic mass is 9.72. The summed E-state index contributed by atoms with van der Waals surface area (Å²) in [6, 6.07) is 2.30. The van der Waals surface area contributed by atoms with E-state index in [9.17, 15) is 0 Å². The van der Waals surface area contributed by atoms with Crippen LogP contribution in [-0.2, 0) is 19.9 Å². The molecule has 1 N–H and O–H groups in total. The van der Waals surface area contributed by atoms with Crippen LogP contribution in [0, 0.1) is 17.8 Å². The van der Waals surface area contributed by atoms with E-state index in [2.05, 4.69) is 49.1 Å². The minimum atomic E-state index is 0.816. The Morgan fingerprint density at radius 1 is 1.37 bits per heavy atom. The molecule has 108 valence electrons. The average Bonchev–Trinajstić information content (AvgIpc) is 2.74. The van der Waals surface area contributed by atoms with Crippen molar-refractivity contribution in [2.45, 2.75) is 46.0 Å².